The van der Waals surface area contributed by atoms with Gasteiger partial charge in [-0.2, -0.15) is 0 Å². The maximum atomic E-state index is 10.3. The van der Waals surface area contributed by atoms with Crippen molar-refractivity contribution in [2.24, 2.45) is 5.92 Å². The van der Waals surface area contributed by atoms with E-state index in [-0.39, 0.29) is 5.92 Å². The molecule has 2 nitrogen and oxygen atoms in total. The van der Waals surface area contributed by atoms with E-state index in [0.29, 0.717) is 6.29 Å². The molecular weight excluding hydrogens is 128 g/mol. The molecule has 0 rings (SSSR count). The zero-order valence-corrected chi connectivity index (χ0v) is 6.92. The summed E-state index contributed by atoms with van der Waals surface area (Å²) in [5.74, 6) is 0.0648. The van der Waals surface area contributed by atoms with E-state index in [0.717, 1.165) is 12.8 Å². The molecule has 2 unspecified atom stereocenters. The maximum Gasteiger partial charge on any atom is 0.151 e. The van der Waals surface area contributed by atoms with Gasteiger partial charge in [0.2, 0.25) is 0 Å². The number of aldehydes is 1. The van der Waals surface area contributed by atoms with Crippen molar-refractivity contribution in [3.63, 3.8) is 0 Å². The molecule has 0 spiro atoms. The highest BCUT2D eigenvalue weighted by atomic mass is 16.3. The van der Waals surface area contributed by atoms with Crippen LogP contribution in [-0.4, -0.2) is 17.0 Å². The molecule has 0 fully saturated rings. The first-order valence-corrected chi connectivity index (χ1v) is 3.73. The van der Waals surface area contributed by atoms with Crippen LogP contribution in [0.5, 0.6) is 0 Å². The molecule has 0 aromatic heterocycles. The van der Waals surface area contributed by atoms with Crippen molar-refractivity contribution in [2.75, 3.05) is 0 Å². The fourth-order valence-corrected chi connectivity index (χ4v) is 0.841. The van der Waals surface area contributed by atoms with Gasteiger partial charge < -0.3 is 9.90 Å². The van der Waals surface area contributed by atoms with Gasteiger partial charge >= 0.3 is 0 Å². The monoisotopic (exact) mass is 144 g/mol. The third kappa shape index (κ3) is 2.48. The Hall–Kier alpha value is -0.370. The smallest absolute Gasteiger partial charge is 0.151 e. The Morgan fingerprint density at radius 3 is 2.50 bits per heavy atom. The van der Waals surface area contributed by atoms with Gasteiger partial charge in [0.05, 0.1) is 0 Å². The lowest BCUT2D eigenvalue weighted by atomic mass is 9.89. The van der Waals surface area contributed by atoms with Crippen LogP contribution in [0.1, 0.15) is 33.6 Å². The van der Waals surface area contributed by atoms with Crippen molar-refractivity contribution < 1.29 is 9.90 Å². The molecule has 0 heterocycles. The molecular formula is C8H16O2. The first-order chi connectivity index (χ1) is 4.54. The molecule has 0 amide bonds. The van der Waals surface area contributed by atoms with Gasteiger partial charge in [0.15, 0.2) is 6.29 Å². The van der Waals surface area contributed by atoms with Crippen LogP contribution in [0.2, 0.25) is 0 Å². The third-order valence-corrected chi connectivity index (χ3v) is 1.96. The lowest BCUT2D eigenvalue weighted by Crippen LogP contribution is -2.34. The third-order valence-electron chi connectivity index (χ3n) is 1.96. The zero-order valence-electron chi connectivity index (χ0n) is 6.92. The molecule has 60 valence electrons. The maximum absolute atomic E-state index is 10.3. The van der Waals surface area contributed by atoms with Gasteiger partial charge in [-0.25, -0.2) is 0 Å². The average Bonchev–Trinajstić information content (AvgIpc) is 1.89. The van der Waals surface area contributed by atoms with Crippen molar-refractivity contribution in [2.45, 2.75) is 39.2 Å². The fraction of sp³-hybridized carbons (Fsp3) is 0.875. The Morgan fingerprint density at radius 1 is 1.70 bits per heavy atom. The normalized spacial score (nSPS) is 19.6. The van der Waals surface area contributed by atoms with E-state index in [4.69, 9.17) is 0 Å². The summed E-state index contributed by atoms with van der Waals surface area (Å²) < 4.78 is 0. The van der Waals surface area contributed by atoms with Gasteiger partial charge in [-0.05, 0) is 19.3 Å². The first kappa shape index (κ1) is 9.63. The van der Waals surface area contributed by atoms with Crippen molar-refractivity contribution >= 4 is 6.29 Å². The molecule has 1 N–H and O–H groups in total. The van der Waals surface area contributed by atoms with Crippen LogP contribution >= 0.6 is 0 Å². The molecule has 0 bridgehead atoms. The average molecular weight is 144 g/mol. The summed E-state index contributed by atoms with van der Waals surface area (Å²) in [4.78, 5) is 10.3. The van der Waals surface area contributed by atoms with E-state index in [1.165, 1.54) is 0 Å². The number of rotatable bonds is 4. The highest BCUT2D eigenvalue weighted by Crippen LogP contribution is 2.18. The fourth-order valence-electron chi connectivity index (χ4n) is 0.841. The van der Waals surface area contributed by atoms with Crippen LogP contribution in [-0.2, 0) is 4.79 Å². The second-order valence-corrected chi connectivity index (χ2v) is 3.03. The Morgan fingerprint density at radius 2 is 2.20 bits per heavy atom. The first-order valence-electron chi connectivity index (χ1n) is 3.73. The van der Waals surface area contributed by atoms with Crippen molar-refractivity contribution in [3.8, 4) is 0 Å². The molecule has 0 aromatic carbocycles. The summed E-state index contributed by atoms with van der Waals surface area (Å²) in [7, 11) is 0. The Bertz CT molecular complexity index is 108. The highest BCUT2D eigenvalue weighted by Gasteiger charge is 2.26. The van der Waals surface area contributed by atoms with Gasteiger partial charge in [-0.1, -0.05) is 20.3 Å². The van der Waals surface area contributed by atoms with Gasteiger partial charge in [0.25, 0.3) is 0 Å². The molecule has 2 atom stereocenters. The van der Waals surface area contributed by atoms with Gasteiger partial charge in [0.1, 0.15) is 5.60 Å². The van der Waals surface area contributed by atoms with Crippen molar-refractivity contribution in [1.82, 2.24) is 0 Å². The largest absolute Gasteiger partial charge is 0.382 e. The minimum Gasteiger partial charge on any atom is -0.382 e. The number of carbonyl (C=O) groups is 1. The standard InChI is InChI=1S/C8H16O2/c1-4-5-7(2)8(3,10)6-9/h6-7,10H,4-5H2,1-3H3. The summed E-state index contributed by atoms with van der Waals surface area (Å²) in [5, 5.41) is 9.35. The second kappa shape index (κ2) is 3.71. The molecule has 0 saturated heterocycles. The molecule has 0 aliphatic carbocycles. The van der Waals surface area contributed by atoms with Gasteiger partial charge in [0, 0.05) is 0 Å². The topological polar surface area (TPSA) is 37.3 Å². The van der Waals surface area contributed by atoms with Gasteiger partial charge in [-0.3, -0.25) is 0 Å². The molecule has 2 heteroatoms. The Balaban J connectivity index is 3.90. The van der Waals surface area contributed by atoms with E-state index >= 15 is 0 Å². The van der Waals surface area contributed by atoms with E-state index in [2.05, 4.69) is 0 Å². The number of aliphatic hydroxyl groups is 1. The van der Waals surface area contributed by atoms with E-state index in [1.54, 1.807) is 6.92 Å². The van der Waals surface area contributed by atoms with Crippen molar-refractivity contribution in [1.29, 1.82) is 0 Å². The van der Waals surface area contributed by atoms with Crippen LogP contribution in [0.15, 0.2) is 0 Å². The van der Waals surface area contributed by atoms with Crippen LogP contribution in [0.4, 0.5) is 0 Å². The van der Waals surface area contributed by atoms with Crippen LogP contribution in [0, 0.1) is 5.92 Å². The quantitative estimate of drug-likeness (QED) is 0.605. The Labute approximate surface area is 62.2 Å². The van der Waals surface area contributed by atoms with Gasteiger partial charge in [-0.15, -0.1) is 0 Å². The van der Waals surface area contributed by atoms with E-state index in [1.807, 2.05) is 13.8 Å². The SMILES string of the molecule is CCCC(C)C(C)(O)C=O. The lowest BCUT2D eigenvalue weighted by molar-refractivity contribution is -0.127. The summed E-state index contributed by atoms with van der Waals surface area (Å²) in [6, 6.07) is 0. The summed E-state index contributed by atoms with van der Waals surface area (Å²) in [6.07, 6.45) is 2.52. The molecule has 10 heavy (non-hydrogen) atoms. The highest BCUT2D eigenvalue weighted by molar-refractivity contribution is 5.61. The van der Waals surface area contributed by atoms with E-state index in [9.17, 15) is 9.90 Å². The minimum absolute atomic E-state index is 0.0648. The molecule has 0 aliphatic rings. The van der Waals surface area contributed by atoms with E-state index < -0.39 is 5.60 Å². The molecule has 0 saturated carbocycles. The van der Waals surface area contributed by atoms with Crippen molar-refractivity contribution in [3.05, 3.63) is 0 Å². The molecule has 0 radical (unpaired) electrons. The van der Waals surface area contributed by atoms with Crippen LogP contribution in [0.25, 0.3) is 0 Å². The predicted octanol–water partition coefficient (Wildman–Crippen LogP) is 1.37. The van der Waals surface area contributed by atoms with Crippen LogP contribution in [0.3, 0.4) is 0 Å². The summed E-state index contributed by atoms with van der Waals surface area (Å²) in [5.41, 5.74) is -1.13. The zero-order chi connectivity index (χ0) is 8.20. The minimum atomic E-state index is -1.13. The number of carbonyl (C=O) groups excluding carboxylic acids is 1. The predicted molar refractivity (Wildman–Crippen MR) is 40.8 cm³/mol. The number of hydrogen-bond acceptors (Lipinski definition) is 2. The summed E-state index contributed by atoms with van der Waals surface area (Å²) >= 11 is 0. The number of hydrogen-bond donors (Lipinski definition) is 1. The molecule has 0 aromatic rings. The molecule has 0 aliphatic heterocycles. The van der Waals surface area contributed by atoms with Crippen LogP contribution < -0.4 is 0 Å². The lowest BCUT2D eigenvalue weighted by Gasteiger charge is -2.23. The summed E-state index contributed by atoms with van der Waals surface area (Å²) in [6.45, 7) is 5.48. The second-order valence-electron chi connectivity index (χ2n) is 3.03. The Kier molecular flexibility index (Phi) is 3.58.